The van der Waals surface area contributed by atoms with Gasteiger partial charge in [-0.15, -0.1) is 0 Å². The number of carbonyl (C=O) groups excluding carboxylic acids is 2. The average Bonchev–Trinajstić information content (AvgIpc) is 2.84. The molecule has 4 aliphatic rings. The Bertz CT molecular complexity index is 1090. The van der Waals surface area contributed by atoms with E-state index in [-0.39, 0.29) is 132 Å². The molecule has 0 saturated heterocycles. The molecule has 47 heavy (non-hydrogen) atoms. The second kappa shape index (κ2) is 23.3. The second-order valence-electron chi connectivity index (χ2n) is 11.9. The fourth-order valence-corrected chi connectivity index (χ4v) is 6.72. The van der Waals surface area contributed by atoms with E-state index in [1.165, 1.54) is 0 Å². The molecule has 0 heterocycles. The van der Waals surface area contributed by atoms with Gasteiger partial charge in [0.2, 0.25) is 0 Å². The zero-order valence-corrected chi connectivity index (χ0v) is 32.5. The number of hydrogen-bond donors (Lipinski definition) is 4. The Morgan fingerprint density at radius 2 is 0.915 bits per heavy atom. The van der Waals surface area contributed by atoms with Gasteiger partial charge in [-0.1, -0.05) is 39.8 Å². The summed E-state index contributed by atoms with van der Waals surface area (Å²) in [4.78, 5) is 45.8. The van der Waals surface area contributed by atoms with Gasteiger partial charge < -0.3 is 58.8 Å². The molecule has 0 unspecified atom stereocenters. The van der Waals surface area contributed by atoms with Crippen molar-refractivity contribution in [2.24, 2.45) is 34.5 Å². The normalized spacial score (nSPS) is 29.2. The van der Waals surface area contributed by atoms with E-state index in [2.05, 4.69) is 0 Å². The van der Waals surface area contributed by atoms with E-state index in [4.69, 9.17) is 10.2 Å². The summed E-state index contributed by atoms with van der Waals surface area (Å²) in [6.07, 6.45) is 7.97. The number of carbonyl (C=O) groups is 4. The minimum atomic E-state index is -0.899. The number of aliphatic hydroxyl groups excluding tert-OH is 2. The van der Waals surface area contributed by atoms with Gasteiger partial charge in [0.15, 0.2) is 11.6 Å². The molecular formula is C30H54Na2O15. The fraction of sp³-hybridized carbons (Fsp3) is 0.600. The van der Waals surface area contributed by atoms with Crippen molar-refractivity contribution in [2.45, 2.75) is 79.4 Å². The van der Waals surface area contributed by atoms with Crippen LogP contribution in [0, 0.1) is 34.5 Å². The number of fused-ring (bicyclic) bond motifs is 2. The third-order valence-corrected chi connectivity index (χ3v) is 9.44. The van der Waals surface area contributed by atoms with Crippen molar-refractivity contribution in [3.8, 4) is 0 Å². The van der Waals surface area contributed by atoms with Crippen LogP contribution < -0.4 is 0 Å². The summed E-state index contributed by atoms with van der Waals surface area (Å²) >= 11 is 0. The SMILES string of the molecule is CC1=C2[C@@H](O)[C@H]([C@@H](C)C(=O)O)CC[C@@]2(C)C=CC1=O.CC1=C2[C@@H](O)[C@H]([C@@H](C)C(=O)O)CC[C@@]2(C)C=CC1=O.O.O.O.O.O.O.O.[Na].[Na]. The Balaban J connectivity index is -0.000000114. The van der Waals surface area contributed by atoms with Crippen LogP contribution in [0.15, 0.2) is 46.6 Å². The molecule has 15 nitrogen and oxygen atoms in total. The third-order valence-electron chi connectivity index (χ3n) is 9.44. The molecule has 8 atom stereocenters. The van der Waals surface area contributed by atoms with Crippen LogP contribution in [-0.4, -0.2) is 154 Å². The largest absolute Gasteiger partial charge is 0.481 e. The molecule has 0 bridgehead atoms. The number of allylic oxidation sites excluding steroid dienone is 6. The topological polar surface area (TPSA) is 370 Å². The van der Waals surface area contributed by atoms with Gasteiger partial charge in [-0.25, -0.2) is 0 Å². The molecule has 2 saturated carbocycles. The summed E-state index contributed by atoms with van der Waals surface area (Å²) < 4.78 is 0. The van der Waals surface area contributed by atoms with Crippen LogP contribution in [0.25, 0.3) is 0 Å². The van der Waals surface area contributed by atoms with Crippen LogP contribution in [0.2, 0.25) is 0 Å². The van der Waals surface area contributed by atoms with Gasteiger partial charge in [0.25, 0.3) is 0 Å². The predicted molar refractivity (Wildman–Crippen MR) is 178 cm³/mol. The van der Waals surface area contributed by atoms with Gasteiger partial charge in [0, 0.05) is 81.8 Å². The van der Waals surface area contributed by atoms with Crippen LogP contribution >= 0.6 is 0 Å². The van der Waals surface area contributed by atoms with E-state index in [1.54, 1.807) is 39.8 Å². The van der Waals surface area contributed by atoms with E-state index in [0.29, 0.717) is 35.1 Å². The van der Waals surface area contributed by atoms with Gasteiger partial charge in [0.05, 0.1) is 24.0 Å². The third kappa shape index (κ3) is 12.0. The van der Waals surface area contributed by atoms with E-state index in [1.807, 2.05) is 26.0 Å². The first-order valence-corrected chi connectivity index (χ1v) is 13.3. The van der Waals surface area contributed by atoms with Crippen molar-refractivity contribution in [1.29, 1.82) is 0 Å². The molecule has 0 amide bonds. The molecule has 4 aliphatic carbocycles. The van der Waals surface area contributed by atoms with Crippen molar-refractivity contribution in [1.82, 2.24) is 0 Å². The molecule has 0 aromatic rings. The molecule has 0 spiro atoms. The number of ketones is 2. The zero-order valence-electron chi connectivity index (χ0n) is 28.5. The summed E-state index contributed by atoms with van der Waals surface area (Å²) in [5, 5.41) is 39.3. The Morgan fingerprint density at radius 3 is 1.15 bits per heavy atom. The van der Waals surface area contributed by atoms with E-state index in [9.17, 15) is 29.4 Å². The minimum absolute atomic E-state index is 0. The molecule has 2 radical (unpaired) electrons. The molecule has 0 aliphatic heterocycles. The summed E-state index contributed by atoms with van der Waals surface area (Å²) in [6, 6.07) is 0. The predicted octanol–water partition coefficient (Wildman–Crippen LogP) is -2.66. The quantitative estimate of drug-likeness (QED) is 0.224. The van der Waals surface area contributed by atoms with Crippen molar-refractivity contribution in [3.63, 3.8) is 0 Å². The summed E-state index contributed by atoms with van der Waals surface area (Å²) in [5.74, 6) is -3.84. The second-order valence-corrected chi connectivity index (χ2v) is 11.9. The number of aliphatic hydroxyl groups is 2. The van der Waals surface area contributed by atoms with Gasteiger partial charge >= 0.3 is 11.9 Å². The number of aliphatic carboxylic acids is 2. The maximum absolute atomic E-state index is 11.8. The standard InChI is InChI=1S/2C15H20O4.2Na.7H2O/c2*1-8(14(18)19)10-4-6-15(3)7-5-11(16)9(2)12(15)13(10)17;;;;;;;;;/h2*5,7-8,10,13,17H,4,6H2,1-3H3,(H,18,19);;;7*1H2/t2*8-,10+,13+,15+;;;;;;;;;/m11........./s1. The first-order valence-electron chi connectivity index (χ1n) is 13.3. The molecule has 266 valence electrons. The molecule has 4 rings (SSSR count). The summed E-state index contributed by atoms with van der Waals surface area (Å²) in [5.41, 5.74) is 1.94. The van der Waals surface area contributed by atoms with Crippen LogP contribution in [0.5, 0.6) is 0 Å². The Morgan fingerprint density at radius 1 is 0.660 bits per heavy atom. The fourth-order valence-electron chi connectivity index (χ4n) is 6.72. The van der Waals surface area contributed by atoms with Crippen LogP contribution in [0.1, 0.15) is 67.2 Å². The van der Waals surface area contributed by atoms with Crippen molar-refractivity contribution in [2.75, 3.05) is 0 Å². The zero-order chi connectivity index (χ0) is 28.7. The summed E-state index contributed by atoms with van der Waals surface area (Å²) in [7, 11) is 0. The molecule has 0 aromatic heterocycles. The maximum atomic E-state index is 11.8. The van der Waals surface area contributed by atoms with Gasteiger partial charge in [0.1, 0.15) is 0 Å². The monoisotopic (exact) mass is 700 g/mol. The number of rotatable bonds is 4. The molecular weight excluding hydrogens is 646 g/mol. The van der Waals surface area contributed by atoms with Gasteiger partial charge in [-0.3, -0.25) is 19.2 Å². The van der Waals surface area contributed by atoms with E-state index in [0.717, 1.165) is 12.8 Å². The molecule has 0 aromatic carbocycles. The van der Waals surface area contributed by atoms with Crippen molar-refractivity contribution in [3.05, 3.63) is 46.6 Å². The Hall–Kier alpha value is -1.12. The molecule has 2 fully saturated rings. The number of hydrogen-bond acceptors (Lipinski definition) is 6. The maximum Gasteiger partial charge on any atom is 0.306 e. The minimum Gasteiger partial charge on any atom is -0.481 e. The molecule has 17 heteroatoms. The van der Waals surface area contributed by atoms with Crippen molar-refractivity contribution < 1.29 is 77.9 Å². The Labute approximate surface area is 319 Å². The van der Waals surface area contributed by atoms with Crippen LogP contribution in [0.4, 0.5) is 0 Å². The first kappa shape index (κ1) is 61.1. The first-order chi connectivity index (χ1) is 17.6. The number of carboxylic acids is 2. The summed E-state index contributed by atoms with van der Waals surface area (Å²) in [6.45, 7) is 10.7. The van der Waals surface area contributed by atoms with E-state index >= 15 is 0 Å². The smallest absolute Gasteiger partial charge is 0.306 e. The Kier molecular flexibility index (Phi) is 30.3. The van der Waals surface area contributed by atoms with Gasteiger partial charge in [-0.2, -0.15) is 0 Å². The van der Waals surface area contributed by atoms with E-state index < -0.39 is 36.0 Å². The molecule has 18 N–H and O–H groups in total. The van der Waals surface area contributed by atoms with Crippen LogP contribution in [0.3, 0.4) is 0 Å². The average molecular weight is 701 g/mol. The van der Waals surface area contributed by atoms with Crippen LogP contribution in [-0.2, 0) is 19.2 Å². The van der Waals surface area contributed by atoms with Gasteiger partial charge in [-0.05, 0) is 74.0 Å². The van der Waals surface area contributed by atoms with Crippen molar-refractivity contribution >= 4 is 82.6 Å². The number of carboxylic acid groups (broad SMARTS) is 2.